The minimum atomic E-state index is -3.87. The van der Waals surface area contributed by atoms with Gasteiger partial charge in [-0.15, -0.1) is 0 Å². The first-order valence-corrected chi connectivity index (χ1v) is 11.3. The van der Waals surface area contributed by atoms with E-state index in [0.717, 1.165) is 11.3 Å². The Morgan fingerprint density at radius 1 is 0.935 bits per heavy atom. The van der Waals surface area contributed by atoms with Crippen LogP contribution in [0.15, 0.2) is 93.3 Å². The molecule has 4 rings (SSSR count). The predicted molar refractivity (Wildman–Crippen MR) is 118 cm³/mol. The third-order valence-electron chi connectivity index (χ3n) is 5.26. The maximum absolute atomic E-state index is 13.6. The summed E-state index contributed by atoms with van der Waals surface area (Å²) in [5.41, 5.74) is 2.33. The van der Waals surface area contributed by atoms with Gasteiger partial charge < -0.3 is 14.3 Å². The number of sulfone groups is 1. The first kappa shape index (κ1) is 20.7. The molecule has 0 atom stereocenters. The van der Waals surface area contributed by atoms with Crippen molar-refractivity contribution in [2.75, 3.05) is 5.32 Å². The molecule has 7 heteroatoms. The fourth-order valence-electron chi connectivity index (χ4n) is 3.55. The molecule has 0 fully saturated rings. The maximum Gasteiger partial charge on any atom is 0.292 e. The maximum atomic E-state index is 13.6. The number of amides is 1. The van der Waals surface area contributed by atoms with E-state index >= 15 is 0 Å². The molecule has 2 aromatic heterocycles. The van der Waals surface area contributed by atoms with Gasteiger partial charge in [-0.05, 0) is 49.2 Å². The van der Waals surface area contributed by atoms with Gasteiger partial charge in [-0.2, -0.15) is 0 Å². The average Bonchev–Trinajstić information content (AvgIpc) is 3.39. The van der Waals surface area contributed by atoms with E-state index in [1.165, 1.54) is 12.3 Å². The zero-order valence-corrected chi connectivity index (χ0v) is 18.0. The monoisotopic (exact) mass is 434 g/mol. The standard InChI is InChI=1S/C24H22N2O4S/c1-17-18(2)26(16-19-10-5-3-6-11-19)23(25-24(27)21-14-9-15-30-21)22(17)31(28,29)20-12-7-4-8-13-20/h3-15H,16H2,1-2H3,(H,25,27). The molecule has 0 bridgehead atoms. The third kappa shape index (κ3) is 3.92. The lowest BCUT2D eigenvalue weighted by Crippen LogP contribution is -2.18. The van der Waals surface area contributed by atoms with Gasteiger partial charge >= 0.3 is 0 Å². The second-order valence-electron chi connectivity index (χ2n) is 7.21. The Balaban J connectivity index is 1.89. The van der Waals surface area contributed by atoms with Crippen LogP contribution in [0.3, 0.4) is 0 Å². The number of hydrogen-bond donors (Lipinski definition) is 1. The molecular formula is C24H22N2O4S. The molecule has 0 saturated heterocycles. The molecule has 0 spiro atoms. The first-order chi connectivity index (χ1) is 14.9. The molecule has 0 aliphatic rings. The molecule has 0 unspecified atom stereocenters. The minimum absolute atomic E-state index is 0.0898. The molecule has 158 valence electrons. The number of nitrogens with zero attached hydrogens (tertiary/aromatic N) is 1. The fourth-order valence-corrected chi connectivity index (χ4v) is 5.26. The number of rotatable bonds is 6. The lowest BCUT2D eigenvalue weighted by Gasteiger charge is -2.14. The highest BCUT2D eigenvalue weighted by Gasteiger charge is 2.31. The van der Waals surface area contributed by atoms with Crippen molar-refractivity contribution in [3.05, 3.63) is 102 Å². The molecule has 1 amide bonds. The quantitative estimate of drug-likeness (QED) is 0.471. The molecule has 31 heavy (non-hydrogen) atoms. The van der Waals surface area contributed by atoms with Crippen molar-refractivity contribution in [2.24, 2.45) is 0 Å². The Kier molecular flexibility index (Phi) is 5.52. The Bertz CT molecular complexity index is 1310. The molecular weight excluding hydrogens is 412 g/mol. The number of furan rings is 1. The molecule has 2 heterocycles. The highest BCUT2D eigenvalue weighted by molar-refractivity contribution is 7.91. The van der Waals surface area contributed by atoms with Gasteiger partial charge in [-0.3, -0.25) is 4.79 Å². The van der Waals surface area contributed by atoms with Crippen molar-refractivity contribution in [1.82, 2.24) is 4.57 Å². The second kappa shape index (κ2) is 8.28. The van der Waals surface area contributed by atoms with E-state index < -0.39 is 15.7 Å². The summed E-state index contributed by atoms with van der Waals surface area (Å²) in [4.78, 5) is 13.1. The van der Waals surface area contributed by atoms with Crippen LogP contribution in [0.25, 0.3) is 0 Å². The Labute approximate surface area is 181 Å². The summed E-state index contributed by atoms with van der Waals surface area (Å²) in [6, 6.07) is 21.0. The molecule has 0 saturated carbocycles. The average molecular weight is 435 g/mol. The second-order valence-corrected chi connectivity index (χ2v) is 9.09. The summed E-state index contributed by atoms with van der Waals surface area (Å²) in [6.45, 7) is 4.02. The minimum Gasteiger partial charge on any atom is -0.459 e. The van der Waals surface area contributed by atoms with Gasteiger partial charge in [0.05, 0.1) is 11.2 Å². The number of aromatic nitrogens is 1. The SMILES string of the molecule is Cc1c(S(=O)(=O)c2ccccc2)c(NC(=O)c2ccco2)n(Cc2ccccc2)c1C. The van der Waals surface area contributed by atoms with Crippen molar-refractivity contribution < 1.29 is 17.6 Å². The van der Waals surface area contributed by atoms with Gasteiger partial charge in [0.15, 0.2) is 5.76 Å². The normalized spacial score (nSPS) is 11.4. The van der Waals surface area contributed by atoms with Crippen LogP contribution in [-0.2, 0) is 16.4 Å². The third-order valence-corrected chi connectivity index (χ3v) is 7.19. The van der Waals surface area contributed by atoms with Crippen LogP contribution in [0.1, 0.15) is 27.4 Å². The highest BCUT2D eigenvalue weighted by Crippen LogP contribution is 2.36. The van der Waals surface area contributed by atoms with Crippen LogP contribution in [0.2, 0.25) is 0 Å². The van der Waals surface area contributed by atoms with Crippen LogP contribution >= 0.6 is 0 Å². The zero-order valence-electron chi connectivity index (χ0n) is 17.2. The Hall–Kier alpha value is -3.58. The van der Waals surface area contributed by atoms with Crippen molar-refractivity contribution >= 4 is 21.6 Å². The van der Waals surface area contributed by atoms with Crippen LogP contribution in [0.4, 0.5) is 5.82 Å². The Morgan fingerprint density at radius 3 is 2.19 bits per heavy atom. The number of carbonyl (C=O) groups is 1. The van der Waals surface area contributed by atoms with E-state index in [0.29, 0.717) is 12.1 Å². The van der Waals surface area contributed by atoms with Crippen LogP contribution < -0.4 is 5.32 Å². The number of nitrogens with one attached hydrogen (secondary N) is 1. The lowest BCUT2D eigenvalue weighted by atomic mass is 10.2. The molecule has 6 nitrogen and oxygen atoms in total. The van der Waals surface area contributed by atoms with Gasteiger partial charge in [0.2, 0.25) is 9.84 Å². The first-order valence-electron chi connectivity index (χ1n) is 9.78. The summed E-state index contributed by atoms with van der Waals surface area (Å²) in [6.07, 6.45) is 1.40. The van der Waals surface area contributed by atoms with Crippen LogP contribution in [0.5, 0.6) is 0 Å². The van der Waals surface area contributed by atoms with E-state index in [2.05, 4.69) is 5.32 Å². The number of anilines is 1. The number of hydrogen-bond acceptors (Lipinski definition) is 4. The number of carbonyl (C=O) groups excluding carboxylic acids is 1. The van der Waals surface area contributed by atoms with E-state index in [9.17, 15) is 13.2 Å². The van der Waals surface area contributed by atoms with Crippen molar-refractivity contribution in [3.63, 3.8) is 0 Å². The molecule has 0 aliphatic carbocycles. The summed E-state index contributed by atoms with van der Waals surface area (Å²) in [7, 11) is -3.87. The van der Waals surface area contributed by atoms with Gasteiger partial charge in [-0.1, -0.05) is 48.5 Å². The molecule has 1 N–H and O–H groups in total. The van der Waals surface area contributed by atoms with Crippen LogP contribution in [-0.4, -0.2) is 18.9 Å². The van der Waals surface area contributed by atoms with Crippen molar-refractivity contribution in [1.29, 1.82) is 0 Å². The Morgan fingerprint density at radius 2 is 1.58 bits per heavy atom. The molecule has 0 radical (unpaired) electrons. The fraction of sp³-hybridized carbons (Fsp3) is 0.125. The summed E-state index contributed by atoms with van der Waals surface area (Å²) >= 11 is 0. The topological polar surface area (TPSA) is 81.3 Å². The predicted octanol–water partition coefficient (Wildman–Crippen LogP) is 4.83. The molecule has 0 aliphatic heterocycles. The zero-order chi connectivity index (χ0) is 22.0. The smallest absolute Gasteiger partial charge is 0.292 e. The van der Waals surface area contributed by atoms with E-state index in [1.54, 1.807) is 43.3 Å². The number of benzene rings is 2. The summed E-state index contributed by atoms with van der Waals surface area (Å²) < 4.78 is 34.2. The van der Waals surface area contributed by atoms with E-state index in [4.69, 9.17) is 4.42 Å². The molecule has 4 aromatic rings. The highest BCUT2D eigenvalue weighted by atomic mass is 32.2. The van der Waals surface area contributed by atoms with E-state index in [1.807, 2.05) is 41.8 Å². The van der Waals surface area contributed by atoms with Gasteiger partial charge in [0.1, 0.15) is 10.7 Å². The largest absolute Gasteiger partial charge is 0.459 e. The van der Waals surface area contributed by atoms with E-state index in [-0.39, 0.29) is 21.4 Å². The van der Waals surface area contributed by atoms with Crippen molar-refractivity contribution in [2.45, 2.75) is 30.2 Å². The van der Waals surface area contributed by atoms with Crippen molar-refractivity contribution in [3.8, 4) is 0 Å². The van der Waals surface area contributed by atoms with Gasteiger partial charge in [-0.25, -0.2) is 8.42 Å². The summed E-state index contributed by atoms with van der Waals surface area (Å²) in [5, 5.41) is 2.79. The van der Waals surface area contributed by atoms with Gasteiger partial charge in [0, 0.05) is 12.2 Å². The lowest BCUT2D eigenvalue weighted by molar-refractivity contribution is 0.0995. The van der Waals surface area contributed by atoms with Gasteiger partial charge in [0.25, 0.3) is 5.91 Å². The van der Waals surface area contributed by atoms with Crippen LogP contribution in [0, 0.1) is 13.8 Å². The summed E-state index contributed by atoms with van der Waals surface area (Å²) in [5.74, 6) is -0.184. The molecule has 2 aromatic carbocycles.